The van der Waals surface area contributed by atoms with Gasteiger partial charge >= 0.3 is 0 Å². The highest BCUT2D eigenvalue weighted by atomic mass is 19.1. The minimum absolute atomic E-state index is 0.00620. The molecule has 96 valence electrons. The molecule has 3 nitrogen and oxygen atoms in total. The van der Waals surface area contributed by atoms with Crippen molar-refractivity contribution in [1.82, 2.24) is 9.97 Å². The molecule has 0 aliphatic rings. The fourth-order valence-corrected chi connectivity index (χ4v) is 1.93. The fraction of sp³-hybridized carbons (Fsp3) is 0.385. The zero-order valence-electron chi connectivity index (χ0n) is 10.5. The molecule has 0 aliphatic carbocycles. The number of pyridine rings is 2. The number of hydrogen-bond donors (Lipinski definition) is 1. The van der Waals surface area contributed by atoms with Gasteiger partial charge in [-0.05, 0) is 12.3 Å². The van der Waals surface area contributed by atoms with Crippen molar-refractivity contribution in [2.45, 2.75) is 33.1 Å². The first-order valence-electron chi connectivity index (χ1n) is 5.86. The van der Waals surface area contributed by atoms with Gasteiger partial charge in [-0.1, -0.05) is 20.8 Å². The van der Waals surface area contributed by atoms with Crippen molar-refractivity contribution in [3.63, 3.8) is 0 Å². The topological polar surface area (TPSA) is 45.8 Å². The predicted molar refractivity (Wildman–Crippen MR) is 65.7 cm³/mol. The Hall–Kier alpha value is -1.78. The molecule has 0 fully saturated rings. The third-order valence-electron chi connectivity index (χ3n) is 3.00. The van der Waals surface area contributed by atoms with Gasteiger partial charge in [0.1, 0.15) is 11.0 Å². The molecule has 0 aliphatic heterocycles. The highest BCUT2D eigenvalue weighted by molar-refractivity contribution is 5.76. The summed E-state index contributed by atoms with van der Waals surface area (Å²) in [5.74, 6) is -1.42. The number of rotatable bonds is 2. The van der Waals surface area contributed by atoms with E-state index in [4.69, 9.17) is 0 Å². The molecule has 1 N–H and O–H groups in total. The molecule has 0 amide bonds. The summed E-state index contributed by atoms with van der Waals surface area (Å²) in [6.07, 6.45) is 1.56. The second-order valence-electron chi connectivity index (χ2n) is 4.51. The fourth-order valence-electron chi connectivity index (χ4n) is 1.93. The summed E-state index contributed by atoms with van der Waals surface area (Å²) in [4.78, 5) is 17.9. The SMILES string of the molecule is CCc1c(F)c2ncc(C(C)C)c(F)c2[nH]c1=O. The van der Waals surface area contributed by atoms with Crippen LogP contribution in [0.5, 0.6) is 0 Å². The number of hydrogen-bond acceptors (Lipinski definition) is 2. The summed E-state index contributed by atoms with van der Waals surface area (Å²) in [6, 6.07) is 0. The van der Waals surface area contributed by atoms with E-state index in [2.05, 4.69) is 9.97 Å². The van der Waals surface area contributed by atoms with E-state index in [0.29, 0.717) is 5.56 Å². The number of halogens is 2. The molecule has 18 heavy (non-hydrogen) atoms. The monoisotopic (exact) mass is 252 g/mol. The van der Waals surface area contributed by atoms with Crippen molar-refractivity contribution in [2.75, 3.05) is 0 Å². The maximum absolute atomic E-state index is 14.1. The zero-order valence-corrected chi connectivity index (χ0v) is 10.5. The molecule has 0 spiro atoms. The molecule has 2 rings (SSSR count). The van der Waals surface area contributed by atoms with Crippen LogP contribution in [0.25, 0.3) is 11.0 Å². The van der Waals surface area contributed by atoms with E-state index >= 15 is 0 Å². The van der Waals surface area contributed by atoms with Gasteiger partial charge in [0.25, 0.3) is 5.56 Å². The maximum atomic E-state index is 14.1. The lowest BCUT2D eigenvalue weighted by atomic mass is 10.0. The van der Waals surface area contributed by atoms with E-state index in [-0.39, 0.29) is 28.9 Å². The first-order valence-corrected chi connectivity index (χ1v) is 5.86. The quantitative estimate of drug-likeness (QED) is 0.893. The molecular weight excluding hydrogens is 238 g/mol. The average Bonchev–Trinajstić information content (AvgIpc) is 2.30. The van der Waals surface area contributed by atoms with Crippen LogP contribution in [0.2, 0.25) is 0 Å². The molecule has 0 unspecified atom stereocenters. The van der Waals surface area contributed by atoms with Gasteiger partial charge in [-0.15, -0.1) is 0 Å². The summed E-state index contributed by atoms with van der Waals surface area (Å²) < 4.78 is 28.1. The maximum Gasteiger partial charge on any atom is 0.254 e. The van der Waals surface area contributed by atoms with Crippen LogP contribution in [0.1, 0.15) is 37.8 Å². The van der Waals surface area contributed by atoms with Crippen LogP contribution in [-0.2, 0) is 6.42 Å². The number of aromatic amines is 1. The largest absolute Gasteiger partial charge is 0.318 e. The van der Waals surface area contributed by atoms with Gasteiger partial charge in [0.05, 0.1) is 5.56 Å². The van der Waals surface area contributed by atoms with E-state index in [1.165, 1.54) is 6.20 Å². The number of nitrogens with one attached hydrogen (secondary N) is 1. The van der Waals surface area contributed by atoms with Crippen molar-refractivity contribution in [1.29, 1.82) is 0 Å². The molecular formula is C13H14F2N2O. The van der Waals surface area contributed by atoms with Crippen molar-refractivity contribution in [2.24, 2.45) is 0 Å². The lowest BCUT2D eigenvalue weighted by Crippen LogP contribution is -2.16. The van der Waals surface area contributed by atoms with Gasteiger partial charge in [0, 0.05) is 11.8 Å². The van der Waals surface area contributed by atoms with Gasteiger partial charge in [0.15, 0.2) is 11.6 Å². The second kappa shape index (κ2) is 4.48. The van der Waals surface area contributed by atoms with E-state index in [1.54, 1.807) is 20.8 Å². The Morgan fingerprint density at radius 1 is 1.33 bits per heavy atom. The smallest absolute Gasteiger partial charge is 0.254 e. The van der Waals surface area contributed by atoms with Crippen molar-refractivity contribution >= 4 is 11.0 Å². The third kappa shape index (κ3) is 1.79. The number of aromatic nitrogens is 2. The highest BCUT2D eigenvalue weighted by Crippen LogP contribution is 2.24. The second-order valence-corrected chi connectivity index (χ2v) is 4.51. The zero-order chi connectivity index (χ0) is 13.4. The average molecular weight is 252 g/mol. The molecule has 0 saturated carbocycles. The van der Waals surface area contributed by atoms with E-state index < -0.39 is 17.2 Å². The van der Waals surface area contributed by atoms with Crippen molar-refractivity contribution < 1.29 is 8.78 Å². The first kappa shape index (κ1) is 12.7. The molecule has 2 heterocycles. The highest BCUT2D eigenvalue weighted by Gasteiger charge is 2.18. The van der Waals surface area contributed by atoms with E-state index in [9.17, 15) is 13.6 Å². The Balaban J connectivity index is 2.89. The molecule has 2 aromatic rings. The summed E-state index contributed by atoms with van der Waals surface area (Å²) in [7, 11) is 0. The minimum atomic E-state index is -0.731. The van der Waals surface area contributed by atoms with Gasteiger partial charge in [-0.3, -0.25) is 9.78 Å². The van der Waals surface area contributed by atoms with E-state index in [1.807, 2.05) is 0 Å². The Kier molecular flexibility index (Phi) is 3.15. The molecule has 0 bridgehead atoms. The van der Waals surface area contributed by atoms with E-state index in [0.717, 1.165) is 0 Å². The summed E-state index contributed by atoms with van der Waals surface area (Å²) in [5.41, 5.74) is -0.494. The molecule has 2 aromatic heterocycles. The molecule has 5 heteroatoms. The number of fused-ring (bicyclic) bond motifs is 1. The number of H-pyrrole nitrogens is 1. The van der Waals surface area contributed by atoms with Gasteiger partial charge in [0.2, 0.25) is 0 Å². The van der Waals surface area contributed by atoms with Crippen LogP contribution < -0.4 is 5.56 Å². The molecule has 0 radical (unpaired) electrons. The standard InChI is InChI=1S/C13H14F2N2O/c1-4-7-9(14)11-12(17-13(7)18)10(15)8(5-16-11)6(2)3/h5-6H,4H2,1-3H3,(H,17,18). The Labute approximate surface area is 103 Å². The van der Waals surface area contributed by atoms with Crippen LogP contribution in [0.15, 0.2) is 11.0 Å². The minimum Gasteiger partial charge on any atom is -0.318 e. The summed E-state index contributed by atoms with van der Waals surface area (Å²) >= 11 is 0. The lowest BCUT2D eigenvalue weighted by Gasteiger charge is -2.10. The van der Waals surface area contributed by atoms with Crippen LogP contribution in [-0.4, -0.2) is 9.97 Å². The van der Waals surface area contributed by atoms with Crippen LogP contribution in [0.4, 0.5) is 8.78 Å². The van der Waals surface area contributed by atoms with Gasteiger partial charge in [-0.2, -0.15) is 0 Å². The Morgan fingerprint density at radius 2 is 2.00 bits per heavy atom. The van der Waals surface area contributed by atoms with Crippen molar-refractivity contribution in [3.8, 4) is 0 Å². The van der Waals surface area contributed by atoms with Crippen LogP contribution >= 0.6 is 0 Å². The van der Waals surface area contributed by atoms with Crippen LogP contribution in [0.3, 0.4) is 0 Å². The summed E-state index contributed by atoms with van der Waals surface area (Å²) in [5, 5.41) is 0. The molecule has 0 aromatic carbocycles. The van der Waals surface area contributed by atoms with Crippen LogP contribution in [0, 0.1) is 11.6 Å². The normalized spacial score (nSPS) is 11.4. The van der Waals surface area contributed by atoms with Gasteiger partial charge < -0.3 is 4.98 Å². The Bertz CT molecular complexity index is 662. The van der Waals surface area contributed by atoms with Crippen molar-refractivity contribution in [3.05, 3.63) is 39.3 Å². The number of nitrogens with zero attached hydrogens (tertiary/aromatic N) is 1. The third-order valence-corrected chi connectivity index (χ3v) is 3.00. The molecule has 0 saturated heterocycles. The predicted octanol–water partition coefficient (Wildman–Crippen LogP) is 2.89. The first-order chi connectivity index (χ1) is 8.47. The molecule has 0 atom stereocenters. The lowest BCUT2D eigenvalue weighted by molar-refractivity contribution is 0.593. The summed E-state index contributed by atoms with van der Waals surface area (Å²) in [6.45, 7) is 5.28. The van der Waals surface area contributed by atoms with Gasteiger partial charge in [-0.25, -0.2) is 8.78 Å². The Morgan fingerprint density at radius 3 is 2.56 bits per heavy atom.